The summed E-state index contributed by atoms with van der Waals surface area (Å²) in [6.45, 7) is 2.50. The number of hydrogen-bond donors (Lipinski definition) is 2. The molecule has 3 N–H and O–H groups in total. The van der Waals surface area contributed by atoms with Gasteiger partial charge in [0.1, 0.15) is 24.0 Å². The molecule has 0 aliphatic heterocycles. The van der Waals surface area contributed by atoms with Crippen LogP contribution in [-0.2, 0) is 4.74 Å². The number of nitrogens with one attached hydrogen (secondary N) is 1. The second-order valence-corrected chi connectivity index (χ2v) is 5.92. The van der Waals surface area contributed by atoms with Gasteiger partial charge in [-0.05, 0) is 18.6 Å². The summed E-state index contributed by atoms with van der Waals surface area (Å²) >= 11 is 0. The van der Waals surface area contributed by atoms with Crippen molar-refractivity contribution in [1.82, 2.24) is 9.97 Å². The maximum atomic E-state index is 5.90. The van der Waals surface area contributed by atoms with Gasteiger partial charge in [0.25, 0.3) is 0 Å². The van der Waals surface area contributed by atoms with E-state index in [0.717, 1.165) is 24.3 Å². The maximum Gasteiger partial charge on any atom is 0.163 e. The van der Waals surface area contributed by atoms with Crippen LogP contribution < -0.4 is 15.8 Å². The van der Waals surface area contributed by atoms with E-state index in [1.54, 1.807) is 6.07 Å². The van der Waals surface area contributed by atoms with E-state index in [1.165, 1.54) is 0 Å². The lowest BCUT2D eigenvalue weighted by Gasteiger charge is -2.09. The van der Waals surface area contributed by atoms with E-state index in [2.05, 4.69) is 15.3 Å². The quantitative estimate of drug-likeness (QED) is 0.535. The standard InChI is InChI=1S/C21H24N4O2/c22-19-16-20(25-21(24-19)17-8-3-1-4-9-17)23-12-7-13-26-14-15-27-18-10-5-2-6-11-18/h1-6,8-11,16H,7,12-15H2,(H3,22,23,24,25). The Morgan fingerprint density at radius 2 is 1.59 bits per heavy atom. The molecule has 2 aromatic carbocycles. The number of hydrogen-bond acceptors (Lipinski definition) is 6. The van der Waals surface area contributed by atoms with Gasteiger partial charge < -0.3 is 20.5 Å². The number of rotatable bonds is 10. The molecule has 0 aliphatic rings. The van der Waals surface area contributed by atoms with Crippen LogP contribution in [0.4, 0.5) is 11.6 Å². The molecule has 0 amide bonds. The number of benzene rings is 2. The highest BCUT2D eigenvalue weighted by atomic mass is 16.5. The van der Waals surface area contributed by atoms with Crippen molar-refractivity contribution < 1.29 is 9.47 Å². The monoisotopic (exact) mass is 364 g/mol. The highest BCUT2D eigenvalue weighted by Gasteiger charge is 2.04. The van der Waals surface area contributed by atoms with Crippen LogP contribution in [0.15, 0.2) is 66.7 Å². The molecule has 0 bridgehead atoms. The molecule has 0 unspecified atom stereocenters. The second kappa shape index (κ2) is 10.1. The Morgan fingerprint density at radius 3 is 2.37 bits per heavy atom. The van der Waals surface area contributed by atoms with Gasteiger partial charge >= 0.3 is 0 Å². The first kappa shape index (κ1) is 18.7. The van der Waals surface area contributed by atoms with Crippen LogP contribution in [0.25, 0.3) is 11.4 Å². The zero-order valence-corrected chi connectivity index (χ0v) is 15.2. The molecule has 0 atom stereocenters. The number of ether oxygens (including phenoxy) is 2. The molecule has 0 radical (unpaired) electrons. The molecular weight excluding hydrogens is 340 g/mol. The van der Waals surface area contributed by atoms with Crippen molar-refractivity contribution >= 4 is 11.6 Å². The van der Waals surface area contributed by atoms with Gasteiger partial charge in [0, 0.05) is 24.8 Å². The average molecular weight is 364 g/mol. The molecule has 0 saturated carbocycles. The molecule has 27 heavy (non-hydrogen) atoms. The molecule has 0 aliphatic carbocycles. The minimum absolute atomic E-state index is 0.445. The third-order valence-electron chi connectivity index (χ3n) is 3.79. The lowest BCUT2D eigenvalue weighted by Crippen LogP contribution is -2.11. The lowest BCUT2D eigenvalue weighted by molar-refractivity contribution is 0.0999. The molecule has 1 heterocycles. The lowest BCUT2D eigenvalue weighted by atomic mass is 10.2. The largest absolute Gasteiger partial charge is 0.491 e. The first-order valence-corrected chi connectivity index (χ1v) is 9.01. The van der Waals surface area contributed by atoms with E-state index in [9.17, 15) is 0 Å². The fraction of sp³-hybridized carbons (Fsp3) is 0.238. The molecule has 140 valence electrons. The Labute approximate surface area is 159 Å². The SMILES string of the molecule is Nc1cc(NCCCOCCOc2ccccc2)nc(-c2ccccc2)n1. The van der Waals surface area contributed by atoms with Crippen molar-refractivity contribution in [1.29, 1.82) is 0 Å². The molecule has 0 fully saturated rings. The number of anilines is 2. The van der Waals surface area contributed by atoms with Crippen molar-refractivity contribution in [3.05, 3.63) is 66.7 Å². The van der Waals surface area contributed by atoms with Crippen LogP contribution >= 0.6 is 0 Å². The van der Waals surface area contributed by atoms with E-state index in [-0.39, 0.29) is 0 Å². The van der Waals surface area contributed by atoms with Crippen molar-refractivity contribution in [2.75, 3.05) is 37.4 Å². The fourth-order valence-corrected chi connectivity index (χ4v) is 2.50. The Balaban J connectivity index is 1.35. The predicted molar refractivity (Wildman–Crippen MR) is 108 cm³/mol. The van der Waals surface area contributed by atoms with Gasteiger partial charge in [0.2, 0.25) is 0 Å². The Morgan fingerprint density at radius 1 is 0.852 bits per heavy atom. The highest BCUT2D eigenvalue weighted by Crippen LogP contribution is 2.18. The molecule has 0 spiro atoms. The van der Waals surface area contributed by atoms with Crippen LogP contribution in [0, 0.1) is 0 Å². The van der Waals surface area contributed by atoms with E-state index >= 15 is 0 Å². The van der Waals surface area contributed by atoms with Crippen LogP contribution in [-0.4, -0.2) is 36.3 Å². The van der Waals surface area contributed by atoms with E-state index in [0.29, 0.717) is 37.3 Å². The summed E-state index contributed by atoms with van der Waals surface area (Å²) in [6.07, 6.45) is 0.857. The Bertz CT molecular complexity index is 813. The predicted octanol–water partition coefficient (Wildman–Crippen LogP) is 3.62. The topological polar surface area (TPSA) is 82.3 Å². The van der Waals surface area contributed by atoms with Crippen molar-refractivity contribution in [3.8, 4) is 17.1 Å². The maximum absolute atomic E-state index is 5.90. The third kappa shape index (κ3) is 6.27. The summed E-state index contributed by atoms with van der Waals surface area (Å²) in [5, 5.41) is 3.27. The Hall–Kier alpha value is -3.12. The van der Waals surface area contributed by atoms with Crippen molar-refractivity contribution in [2.45, 2.75) is 6.42 Å². The van der Waals surface area contributed by atoms with Crippen LogP contribution in [0.5, 0.6) is 5.75 Å². The van der Waals surface area contributed by atoms with Crippen LogP contribution in [0.2, 0.25) is 0 Å². The van der Waals surface area contributed by atoms with Crippen LogP contribution in [0.3, 0.4) is 0 Å². The number of nitrogen functional groups attached to an aromatic ring is 1. The third-order valence-corrected chi connectivity index (χ3v) is 3.79. The van der Waals surface area contributed by atoms with Gasteiger partial charge in [-0.1, -0.05) is 48.5 Å². The smallest absolute Gasteiger partial charge is 0.163 e. The molecule has 1 aromatic heterocycles. The van der Waals surface area contributed by atoms with Crippen molar-refractivity contribution in [2.24, 2.45) is 0 Å². The first-order valence-electron chi connectivity index (χ1n) is 9.01. The number of aromatic nitrogens is 2. The molecule has 3 aromatic rings. The molecule has 3 rings (SSSR count). The van der Waals surface area contributed by atoms with E-state index in [1.807, 2.05) is 60.7 Å². The number of nitrogens with zero attached hydrogens (tertiary/aromatic N) is 2. The van der Waals surface area contributed by atoms with Gasteiger partial charge in [0.05, 0.1) is 6.61 Å². The fourth-order valence-electron chi connectivity index (χ4n) is 2.50. The molecule has 0 saturated heterocycles. The van der Waals surface area contributed by atoms with Gasteiger partial charge in [-0.15, -0.1) is 0 Å². The van der Waals surface area contributed by atoms with Gasteiger partial charge in [-0.25, -0.2) is 9.97 Å². The highest BCUT2D eigenvalue weighted by molar-refractivity contribution is 5.60. The summed E-state index contributed by atoms with van der Waals surface area (Å²) in [5.74, 6) is 2.64. The summed E-state index contributed by atoms with van der Waals surface area (Å²) in [5.41, 5.74) is 6.84. The number of para-hydroxylation sites is 1. The minimum atomic E-state index is 0.445. The van der Waals surface area contributed by atoms with Crippen LogP contribution in [0.1, 0.15) is 6.42 Å². The molecular formula is C21H24N4O2. The zero-order valence-electron chi connectivity index (χ0n) is 15.2. The van der Waals surface area contributed by atoms with Gasteiger partial charge in [-0.2, -0.15) is 0 Å². The summed E-state index contributed by atoms with van der Waals surface area (Å²) in [4.78, 5) is 8.82. The normalized spacial score (nSPS) is 10.5. The zero-order chi connectivity index (χ0) is 18.7. The summed E-state index contributed by atoms with van der Waals surface area (Å²) in [7, 11) is 0. The number of nitrogens with two attached hydrogens (primary N) is 1. The average Bonchev–Trinajstić information content (AvgIpc) is 2.71. The Kier molecular flexibility index (Phi) is 7.00. The van der Waals surface area contributed by atoms with Crippen molar-refractivity contribution in [3.63, 3.8) is 0 Å². The minimum Gasteiger partial charge on any atom is -0.491 e. The second-order valence-electron chi connectivity index (χ2n) is 5.92. The molecule has 6 heteroatoms. The van der Waals surface area contributed by atoms with Gasteiger partial charge in [0.15, 0.2) is 5.82 Å². The first-order chi connectivity index (χ1) is 13.3. The summed E-state index contributed by atoms with van der Waals surface area (Å²) < 4.78 is 11.2. The summed E-state index contributed by atoms with van der Waals surface area (Å²) in [6, 6.07) is 21.2. The van der Waals surface area contributed by atoms with Gasteiger partial charge in [-0.3, -0.25) is 0 Å². The molecule has 6 nitrogen and oxygen atoms in total. The van der Waals surface area contributed by atoms with E-state index < -0.39 is 0 Å². The van der Waals surface area contributed by atoms with E-state index in [4.69, 9.17) is 15.2 Å².